The molecule has 1 aliphatic heterocycles. The Morgan fingerprint density at radius 2 is 2.00 bits per heavy atom. The Labute approximate surface area is 117 Å². The van der Waals surface area contributed by atoms with Crippen molar-refractivity contribution in [2.45, 2.75) is 38.1 Å². The minimum absolute atomic E-state index is 0.0865. The number of hydrogen-bond acceptors (Lipinski definition) is 2. The quantitative estimate of drug-likeness (QED) is 0.834. The van der Waals surface area contributed by atoms with Gasteiger partial charge in [0.25, 0.3) is 0 Å². The third kappa shape index (κ3) is 2.49. The molecule has 1 aliphatic rings. The fourth-order valence-electron chi connectivity index (χ4n) is 2.57. The molecule has 1 fully saturated rings. The van der Waals surface area contributed by atoms with Gasteiger partial charge in [-0.3, -0.25) is 0 Å². The Hall–Kier alpha value is -0.390. The molecule has 5 heteroatoms. The molecule has 0 aliphatic carbocycles. The zero-order valence-corrected chi connectivity index (χ0v) is 13.3. The fraction of sp³-hybridized carbons (Fsp3) is 0.538. The standard InChI is InChI=1S/C13H18BrNO2S/c1-9-6-11(3)15(8-9)18(16,17)13-7-12(14)5-4-10(13)2/h4-5,7,9,11H,6,8H2,1-3H3. The molecule has 0 spiro atoms. The summed E-state index contributed by atoms with van der Waals surface area (Å²) < 4.78 is 27.8. The molecule has 1 heterocycles. The Balaban J connectivity index is 2.45. The highest BCUT2D eigenvalue weighted by atomic mass is 79.9. The van der Waals surface area contributed by atoms with E-state index in [9.17, 15) is 8.42 Å². The first-order valence-electron chi connectivity index (χ1n) is 6.10. The van der Waals surface area contributed by atoms with E-state index in [2.05, 4.69) is 22.9 Å². The minimum Gasteiger partial charge on any atom is -0.207 e. The topological polar surface area (TPSA) is 37.4 Å². The van der Waals surface area contributed by atoms with Gasteiger partial charge in [-0.1, -0.05) is 28.9 Å². The van der Waals surface area contributed by atoms with E-state index in [1.54, 1.807) is 10.4 Å². The number of sulfonamides is 1. The molecule has 100 valence electrons. The first kappa shape index (κ1) is 14.0. The van der Waals surface area contributed by atoms with Crippen LogP contribution in [0.1, 0.15) is 25.8 Å². The van der Waals surface area contributed by atoms with Gasteiger partial charge in [0.15, 0.2) is 0 Å². The summed E-state index contributed by atoms with van der Waals surface area (Å²) in [6.07, 6.45) is 0.937. The highest BCUT2D eigenvalue weighted by Gasteiger charge is 2.36. The third-order valence-corrected chi connectivity index (χ3v) is 6.08. The van der Waals surface area contributed by atoms with E-state index < -0.39 is 10.0 Å². The van der Waals surface area contributed by atoms with Crippen LogP contribution in [-0.4, -0.2) is 25.3 Å². The Kier molecular flexibility index (Phi) is 3.85. The van der Waals surface area contributed by atoms with E-state index in [0.29, 0.717) is 17.4 Å². The minimum atomic E-state index is -3.37. The molecule has 0 aromatic heterocycles. The van der Waals surface area contributed by atoms with Crippen LogP contribution in [0, 0.1) is 12.8 Å². The fourth-order valence-corrected chi connectivity index (χ4v) is 5.10. The first-order valence-corrected chi connectivity index (χ1v) is 8.33. The molecular formula is C13H18BrNO2S. The number of benzene rings is 1. The predicted octanol–water partition coefficient (Wildman–Crippen LogP) is 3.18. The summed E-state index contributed by atoms with van der Waals surface area (Å²) >= 11 is 3.34. The maximum Gasteiger partial charge on any atom is 0.243 e. The van der Waals surface area contributed by atoms with Gasteiger partial charge in [-0.25, -0.2) is 8.42 Å². The van der Waals surface area contributed by atoms with Crippen LogP contribution in [-0.2, 0) is 10.0 Å². The Bertz CT molecular complexity index is 556. The van der Waals surface area contributed by atoms with Crippen molar-refractivity contribution >= 4 is 26.0 Å². The number of rotatable bonds is 2. The van der Waals surface area contributed by atoms with Gasteiger partial charge in [0.05, 0.1) is 4.90 Å². The molecular weight excluding hydrogens is 314 g/mol. The molecule has 0 amide bonds. The normalized spacial score (nSPS) is 25.6. The van der Waals surface area contributed by atoms with Crippen molar-refractivity contribution < 1.29 is 8.42 Å². The molecule has 1 aromatic carbocycles. The highest BCUT2D eigenvalue weighted by Crippen LogP contribution is 2.31. The molecule has 2 unspecified atom stereocenters. The monoisotopic (exact) mass is 331 g/mol. The van der Waals surface area contributed by atoms with Crippen LogP contribution in [0.15, 0.2) is 27.6 Å². The number of hydrogen-bond donors (Lipinski definition) is 0. The van der Waals surface area contributed by atoms with Gasteiger partial charge >= 0.3 is 0 Å². The van der Waals surface area contributed by atoms with Crippen LogP contribution in [0.5, 0.6) is 0 Å². The van der Waals surface area contributed by atoms with Gasteiger partial charge in [-0.15, -0.1) is 0 Å². The number of aryl methyl sites for hydroxylation is 1. The van der Waals surface area contributed by atoms with Crippen molar-refractivity contribution in [3.63, 3.8) is 0 Å². The van der Waals surface area contributed by atoms with Crippen molar-refractivity contribution in [3.8, 4) is 0 Å². The maximum atomic E-state index is 12.7. The van der Waals surface area contributed by atoms with Crippen LogP contribution in [0.4, 0.5) is 0 Å². The molecule has 3 nitrogen and oxygen atoms in total. The van der Waals surface area contributed by atoms with Crippen molar-refractivity contribution in [1.29, 1.82) is 0 Å². The zero-order valence-electron chi connectivity index (χ0n) is 10.9. The molecule has 0 bridgehead atoms. The summed E-state index contributed by atoms with van der Waals surface area (Å²) in [5.74, 6) is 0.433. The maximum absolute atomic E-state index is 12.7. The molecule has 0 N–H and O–H groups in total. The number of halogens is 1. The average molecular weight is 332 g/mol. The van der Waals surface area contributed by atoms with Crippen LogP contribution >= 0.6 is 15.9 Å². The lowest BCUT2D eigenvalue weighted by molar-refractivity contribution is 0.405. The zero-order chi connectivity index (χ0) is 13.5. The highest BCUT2D eigenvalue weighted by molar-refractivity contribution is 9.10. The summed E-state index contributed by atoms with van der Waals surface area (Å²) in [6.45, 7) is 6.53. The molecule has 1 saturated heterocycles. The molecule has 2 rings (SSSR count). The second-order valence-electron chi connectivity index (χ2n) is 5.17. The lowest BCUT2D eigenvalue weighted by atomic mass is 10.1. The molecule has 1 aromatic rings. The van der Waals surface area contributed by atoms with E-state index in [1.165, 1.54) is 0 Å². The van der Waals surface area contributed by atoms with E-state index in [4.69, 9.17) is 0 Å². The number of nitrogens with zero attached hydrogens (tertiary/aromatic N) is 1. The largest absolute Gasteiger partial charge is 0.243 e. The van der Waals surface area contributed by atoms with Gasteiger partial charge in [0, 0.05) is 17.1 Å². The lowest BCUT2D eigenvalue weighted by Gasteiger charge is -2.22. The van der Waals surface area contributed by atoms with Crippen molar-refractivity contribution in [2.75, 3.05) is 6.54 Å². The van der Waals surface area contributed by atoms with Crippen LogP contribution in [0.3, 0.4) is 0 Å². The van der Waals surface area contributed by atoms with Crippen LogP contribution < -0.4 is 0 Å². The van der Waals surface area contributed by atoms with Gasteiger partial charge in [-0.05, 0) is 43.9 Å². The molecule has 0 saturated carbocycles. The summed E-state index contributed by atoms with van der Waals surface area (Å²) in [4.78, 5) is 0.415. The van der Waals surface area contributed by atoms with Crippen LogP contribution in [0.2, 0.25) is 0 Å². The average Bonchev–Trinajstić information content (AvgIpc) is 2.62. The van der Waals surface area contributed by atoms with Gasteiger partial charge in [0.2, 0.25) is 10.0 Å². The van der Waals surface area contributed by atoms with E-state index >= 15 is 0 Å². The SMILES string of the molecule is Cc1ccc(Br)cc1S(=O)(=O)N1CC(C)CC1C. The summed E-state index contributed by atoms with van der Waals surface area (Å²) in [5, 5.41) is 0. The van der Waals surface area contributed by atoms with Crippen molar-refractivity contribution in [1.82, 2.24) is 4.31 Å². The second kappa shape index (κ2) is 4.94. The van der Waals surface area contributed by atoms with Gasteiger partial charge in [-0.2, -0.15) is 4.31 Å². The Morgan fingerprint density at radius 1 is 1.33 bits per heavy atom. The molecule has 18 heavy (non-hydrogen) atoms. The first-order chi connectivity index (χ1) is 8.32. The smallest absolute Gasteiger partial charge is 0.207 e. The van der Waals surface area contributed by atoms with E-state index in [1.807, 2.05) is 26.0 Å². The van der Waals surface area contributed by atoms with Crippen molar-refractivity contribution in [2.24, 2.45) is 5.92 Å². The second-order valence-corrected chi connectivity index (χ2v) is 7.95. The predicted molar refractivity (Wildman–Crippen MR) is 76.0 cm³/mol. The van der Waals surface area contributed by atoms with E-state index in [-0.39, 0.29) is 6.04 Å². The molecule has 0 radical (unpaired) electrons. The van der Waals surface area contributed by atoms with Gasteiger partial charge < -0.3 is 0 Å². The van der Waals surface area contributed by atoms with Crippen LogP contribution in [0.25, 0.3) is 0 Å². The van der Waals surface area contributed by atoms with Gasteiger partial charge in [0.1, 0.15) is 0 Å². The van der Waals surface area contributed by atoms with Crippen molar-refractivity contribution in [3.05, 3.63) is 28.2 Å². The van der Waals surface area contributed by atoms with E-state index in [0.717, 1.165) is 16.5 Å². The molecule has 2 atom stereocenters. The Morgan fingerprint density at radius 3 is 2.56 bits per heavy atom. The third-order valence-electron chi connectivity index (χ3n) is 3.46. The summed E-state index contributed by atoms with van der Waals surface area (Å²) in [6, 6.07) is 5.48. The summed E-state index contributed by atoms with van der Waals surface area (Å²) in [5.41, 5.74) is 0.796. The lowest BCUT2D eigenvalue weighted by Crippen LogP contribution is -2.34. The summed E-state index contributed by atoms with van der Waals surface area (Å²) in [7, 11) is -3.37.